The molecule has 0 saturated carbocycles. The van der Waals surface area contributed by atoms with Gasteiger partial charge < -0.3 is 10.7 Å². The number of hydrogen-bond acceptors (Lipinski definition) is 9. The van der Waals surface area contributed by atoms with Gasteiger partial charge in [-0.05, 0) is 42.3 Å². The molecule has 4 N–H and O–H groups in total. The summed E-state index contributed by atoms with van der Waals surface area (Å²) in [5.41, 5.74) is 10.9. The zero-order valence-corrected chi connectivity index (χ0v) is 18.5. The van der Waals surface area contributed by atoms with Crippen molar-refractivity contribution in [1.82, 2.24) is 40.6 Å². The standard InChI is InChI=1S/C21H26N10O2/c1-3-9-30(10-4-2)13-17-18(25-29-31(17)20-19(22)27-33-28-20)21(32)26-24-12-14-11-23-16-8-6-5-7-15(14)16/h5-8,11-12,23H,3-4,9-10,13H2,1-2H3,(H2,22,27)(H,26,32). The third-order valence-corrected chi connectivity index (χ3v) is 5.12. The molecule has 1 amide bonds. The second-order valence-electron chi connectivity index (χ2n) is 7.53. The Morgan fingerprint density at radius 3 is 2.79 bits per heavy atom. The van der Waals surface area contributed by atoms with Crippen molar-refractivity contribution >= 4 is 28.8 Å². The van der Waals surface area contributed by atoms with Crippen molar-refractivity contribution in [1.29, 1.82) is 0 Å². The molecule has 0 aliphatic carbocycles. The van der Waals surface area contributed by atoms with E-state index in [1.165, 1.54) is 4.68 Å². The number of aromatic nitrogens is 6. The zero-order valence-electron chi connectivity index (χ0n) is 18.5. The van der Waals surface area contributed by atoms with Crippen molar-refractivity contribution in [3.63, 3.8) is 0 Å². The van der Waals surface area contributed by atoms with Crippen molar-refractivity contribution < 1.29 is 9.42 Å². The van der Waals surface area contributed by atoms with Crippen molar-refractivity contribution in [3.8, 4) is 5.82 Å². The lowest BCUT2D eigenvalue weighted by atomic mass is 10.2. The molecular formula is C21H26N10O2. The van der Waals surface area contributed by atoms with Gasteiger partial charge in [-0.3, -0.25) is 9.69 Å². The first-order valence-electron chi connectivity index (χ1n) is 10.8. The van der Waals surface area contributed by atoms with E-state index in [-0.39, 0.29) is 17.3 Å². The minimum atomic E-state index is -0.490. The molecule has 12 heteroatoms. The largest absolute Gasteiger partial charge is 0.378 e. The number of aromatic amines is 1. The van der Waals surface area contributed by atoms with Gasteiger partial charge in [0.25, 0.3) is 5.91 Å². The summed E-state index contributed by atoms with van der Waals surface area (Å²) in [7, 11) is 0. The van der Waals surface area contributed by atoms with Crippen LogP contribution in [-0.4, -0.2) is 60.4 Å². The summed E-state index contributed by atoms with van der Waals surface area (Å²) in [6.07, 6.45) is 5.34. The molecule has 3 aromatic heterocycles. The lowest BCUT2D eigenvalue weighted by Gasteiger charge is -2.21. The number of amides is 1. The van der Waals surface area contributed by atoms with E-state index in [4.69, 9.17) is 10.4 Å². The summed E-state index contributed by atoms with van der Waals surface area (Å²) in [6, 6.07) is 7.84. The highest BCUT2D eigenvalue weighted by Gasteiger charge is 2.25. The fraction of sp³-hybridized carbons (Fsp3) is 0.333. The van der Waals surface area contributed by atoms with E-state index in [0.717, 1.165) is 42.4 Å². The molecule has 0 radical (unpaired) electrons. The van der Waals surface area contributed by atoms with E-state index >= 15 is 0 Å². The number of nitrogens with one attached hydrogen (secondary N) is 2. The molecule has 0 spiro atoms. The molecule has 4 rings (SSSR count). The summed E-state index contributed by atoms with van der Waals surface area (Å²) in [5.74, 6) is -0.245. The van der Waals surface area contributed by atoms with E-state index in [9.17, 15) is 4.79 Å². The van der Waals surface area contributed by atoms with E-state index in [1.54, 1.807) is 6.21 Å². The summed E-state index contributed by atoms with van der Waals surface area (Å²) >= 11 is 0. The number of anilines is 1. The van der Waals surface area contributed by atoms with Crippen LogP contribution in [0, 0.1) is 0 Å². The van der Waals surface area contributed by atoms with E-state index < -0.39 is 5.91 Å². The Morgan fingerprint density at radius 1 is 1.27 bits per heavy atom. The molecule has 0 aliphatic heterocycles. The van der Waals surface area contributed by atoms with Crippen LogP contribution in [0.4, 0.5) is 5.82 Å². The first kappa shape index (κ1) is 22.1. The number of benzene rings is 1. The van der Waals surface area contributed by atoms with Gasteiger partial charge in [0.05, 0.1) is 11.9 Å². The Labute approximate surface area is 189 Å². The number of carbonyl (C=O) groups excluding carboxylic acids is 1. The quantitative estimate of drug-likeness (QED) is 0.245. The molecular weight excluding hydrogens is 424 g/mol. The monoisotopic (exact) mass is 450 g/mol. The highest BCUT2D eigenvalue weighted by Crippen LogP contribution is 2.18. The van der Waals surface area contributed by atoms with E-state index in [2.05, 4.69) is 54.9 Å². The maximum absolute atomic E-state index is 13.0. The van der Waals surface area contributed by atoms with Crippen LogP contribution in [0.2, 0.25) is 0 Å². The number of H-pyrrole nitrogens is 1. The third kappa shape index (κ3) is 4.75. The molecule has 172 valence electrons. The number of fused-ring (bicyclic) bond motifs is 1. The molecule has 0 saturated heterocycles. The fourth-order valence-corrected chi connectivity index (χ4v) is 3.66. The molecule has 0 atom stereocenters. The predicted molar refractivity (Wildman–Crippen MR) is 123 cm³/mol. The zero-order chi connectivity index (χ0) is 23.2. The van der Waals surface area contributed by atoms with Gasteiger partial charge in [-0.2, -0.15) is 9.78 Å². The number of hydrazone groups is 1. The Morgan fingerprint density at radius 2 is 2.06 bits per heavy atom. The fourth-order valence-electron chi connectivity index (χ4n) is 3.66. The third-order valence-electron chi connectivity index (χ3n) is 5.12. The minimum Gasteiger partial charge on any atom is -0.378 e. The van der Waals surface area contributed by atoms with Crippen molar-refractivity contribution in [2.45, 2.75) is 33.2 Å². The molecule has 3 heterocycles. The Balaban J connectivity index is 1.59. The van der Waals surface area contributed by atoms with Gasteiger partial charge in [-0.15, -0.1) is 5.10 Å². The first-order valence-corrected chi connectivity index (χ1v) is 10.8. The van der Waals surface area contributed by atoms with Gasteiger partial charge in [0.1, 0.15) is 0 Å². The van der Waals surface area contributed by atoms with Gasteiger partial charge >= 0.3 is 0 Å². The Kier molecular flexibility index (Phi) is 6.74. The van der Waals surface area contributed by atoms with Crippen LogP contribution in [0.1, 0.15) is 48.4 Å². The average Bonchev–Trinajstić information content (AvgIpc) is 3.53. The van der Waals surface area contributed by atoms with Crippen LogP contribution in [0.25, 0.3) is 16.7 Å². The number of nitrogens with zero attached hydrogens (tertiary/aromatic N) is 7. The van der Waals surface area contributed by atoms with Crippen molar-refractivity contribution in [3.05, 3.63) is 47.4 Å². The minimum absolute atomic E-state index is 0.0583. The van der Waals surface area contributed by atoms with Gasteiger partial charge in [-0.25, -0.2) is 10.1 Å². The predicted octanol–water partition coefficient (Wildman–Crippen LogP) is 2.10. The molecule has 0 fully saturated rings. The molecule has 12 nitrogen and oxygen atoms in total. The Bertz CT molecular complexity index is 1250. The molecule has 0 unspecified atom stereocenters. The first-order chi connectivity index (χ1) is 16.1. The van der Waals surface area contributed by atoms with Crippen LogP contribution in [-0.2, 0) is 6.54 Å². The van der Waals surface area contributed by atoms with Crippen LogP contribution >= 0.6 is 0 Å². The molecule has 0 aliphatic rings. The maximum atomic E-state index is 13.0. The highest BCUT2D eigenvalue weighted by molar-refractivity contribution is 6.00. The number of rotatable bonds is 10. The van der Waals surface area contributed by atoms with Crippen LogP contribution in [0.3, 0.4) is 0 Å². The van der Waals surface area contributed by atoms with E-state index in [1.807, 2.05) is 30.5 Å². The van der Waals surface area contributed by atoms with Gasteiger partial charge in [0, 0.05) is 29.2 Å². The van der Waals surface area contributed by atoms with Crippen LogP contribution < -0.4 is 11.2 Å². The molecule has 33 heavy (non-hydrogen) atoms. The number of nitrogen functional groups attached to an aromatic ring is 1. The second kappa shape index (κ2) is 10.0. The number of para-hydroxylation sites is 1. The summed E-state index contributed by atoms with van der Waals surface area (Å²) in [4.78, 5) is 18.3. The van der Waals surface area contributed by atoms with Crippen molar-refractivity contribution in [2.24, 2.45) is 5.10 Å². The highest BCUT2D eigenvalue weighted by atomic mass is 16.6. The molecule has 0 bridgehead atoms. The SMILES string of the molecule is CCCN(CCC)Cc1c(C(=O)NN=Cc2c[nH]c3ccccc23)nnn1-c1nonc1N. The summed E-state index contributed by atoms with van der Waals surface area (Å²) in [5, 5.41) is 20.7. The van der Waals surface area contributed by atoms with Gasteiger partial charge in [-0.1, -0.05) is 37.3 Å². The summed E-state index contributed by atoms with van der Waals surface area (Å²) in [6.45, 7) is 6.34. The second-order valence-corrected chi connectivity index (χ2v) is 7.53. The number of carbonyl (C=O) groups is 1. The number of nitrogens with two attached hydrogens (primary N) is 1. The lowest BCUT2D eigenvalue weighted by molar-refractivity contribution is 0.0947. The molecule has 4 aromatic rings. The van der Waals surface area contributed by atoms with Gasteiger partial charge in [0.15, 0.2) is 5.69 Å². The molecule has 1 aromatic carbocycles. The lowest BCUT2D eigenvalue weighted by Crippen LogP contribution is -2.28. The normalized spacial score (nSPS) is 11.7. The summed E-state index contributed by atoms with van der Waals surface area (Å²) < 4.78 is 6.10. The average molecular weight is 451 g/mol. The van der Waals surface area contributed by atoms with Crippen molar-refractivity contribution in [2.75, 3.05) is 18.8 Å². The van der Waals surface area contributed by atoms with Crippen LogP contribution in [0.5, 0.6) is 0 Å². The van der Waals surface area contributed by atoms with Crippen LogP contribution in [0.15, 0.2) is 40.2 Å². The maximum Gasteiger partial charge on any atom is 0.293 e. The number of hydrogen-bond donors (Lipinski definition) is 3. The smallest absolute Gasteiger partial charge is 0.293 e. The topological polar surface area (TPSA) is 156 Å². The van der Waals surface area contributed by atoms with Gasteiger partial charge in [0.2, 0.25) is 11.6 Å². The Hall–Kier alpha value is -4.06. The van der Waals surface area contributed by atoms with E-state index in [0.29, 0.717) is 12.2 Å².